The first-order valence-electron chi connectivity index (χ1n) is 8.57. The second-order valence-corrected chi connectivity index (χ2v) is 7.29. The number of amides is 3. The van der Waals surface area contributed by atoms with Crippen LogP contribution in [0.1, 0.15) is 34.1 Å². The Hall–Kier alpha value is -2.52. The van der Waals surface area contributed by atoms with Crippen LogP contribution in [0.2, 0.25) is 0 Å². The van der Waals surface area contributed by atoms with Gasteiger partial charge >= 0.3 is 6.03 Å². The van der Waals surface area contributed by atoms with Crippen LogP contribution in [0, 0.1) is 0 Å². The van der Waals surface area contributed by atoms with Crippen LogP contribution in [0.3, 0.4) is 0 Å². The van der Waals surface area contributed by atoms with Crippen LogP contribution in [0.5, 0.6) is 0 Å². The monoisotopic (exact) mass is 373 g/mol. The van der Waals surface area contributed by atoms with E-state index < -0.39 is 0 Å². The second kappa shape index (κ2) is 7.38. The molecule has 8 nitrogen and oxygen atoms in total. The molecule has 1 saturated carbocycles. The Morgan fingerprint density at radius 3 is 2.73 bits per heavy atom. The molecule has 1 aromatic carbocycles. The summed E-state index contributed by atoms with van der Waals surface area (Å²) in [5.41, 5.74) is 1.03. The van der Waals surface area contributed by atoms with Gasteiger partial charge in [0.2, 0.25) is 5.13 Å². The van der Waals surface area contributed by atoms with Gasteiger partial charge in [0.25, 0.3) is 5.91 Å². The number of hydrogen-bond acceptors (Lipinski definition) is 6. The highest BCUT2D eigenvalue weighted by molar-refractivity contribution is 7.15. The topological polar surface area (TPSA) is 96.4 Å². The average molecular weight is 373 g/mol. The van der Waals surface area contributed by atoms with Crippen LogP contribution in [-0.4, -0.2) is 53.3 Å². The third-order valence-electron chi connectivity index (χ3n) is 4.26. The van der Waals surface area contributed by atoms with Crippen LogP contribution in [0.25, 0.3) is 0 Å². The number of carbonyl (C=O) groups excluding carboxylic acids is 2. The Morgan fingerprint density at radius 2 is 1.96 bits per heavy atom. The van der Waals surface area contributed by atoms with Crippen molar-refractivity contribution in [1.82, 2.24) is 15.1 Å². The fourth-order valence-corrected chi connectivity index (χ4v) is 3.56. The predicted molar refractivity (Wildman–Crippen MR) is 97.7 cm³/mol. The minimum absolute atomic E-state index is 0.191. The summed E-state index contributed by atoms with van der Waals surface area (Å²) in [6, 6.07) is 6.65. The van der Waals surface area contributed by atoms with Gasteiger partial charge in [-0.2, -0.15) is 0 Å². The molecule has 1 saturated heterocycles. The summed E-state index contributed by atoms with van der Waals surface area (Å²) in [5, 5.41) is 15.2. The summed E-state index contributed by atoms with van der Waals surface area (Å²) < 4.78 is 5.24. The molecule has 3 amide bonds. The maximum Gasteiger partial charge on any atom is 0.321 e. The van der Waals surface area contributed by atoms with E-state index in [1.807, 2.05) is 0 Å². The predicted octanol–water partition coefficient (Wildman–Crippen LogP) is 2.53. The summed E-state index contributed by atoms with van der Waals surface area (Å²) >= 11 is 1.42. The summed E-state index contributed by atoms with van der Waals surface area (Å²) in [6.45, 7) is 2.21. The number of nitrogens with zero attached hydrogens (tertiary/aromatic N) is 3. The highest BCUT2D eigenvalue weighted by Crippen LogP contribution is 2.42. The van der Waals surface area contributed by atoms with Gasteiger partial charge in [-0.3, -0.25) is 10.1 Å². The molecule has 2 aliphatic rings. The van der Waals surface area contributed by atoms with Gasteiger partial charge in [0.15, 0.2) is 0 Å². The van der Waals surface area contributed by atoms with E-state index in [0.717, 1.165) is 17.8 Å². The van der Waals surface area contributed by atoms with E-state index >= 15 is 0 Å². The van der Waals surface area contributed by atoms with Crippen molar-refractivity contribution < 1.29 is 14.3 Å². The van der Waals surface area contributed by atoms with E-state index in [4.69, 9.17) is 4.74 Å². The third-order valence-corrected chi connectivity index (χ3v) is 5.26. The van der Waals surface area contributed by atoms with Crippen LogP contribution in [0.4, 0.5) is 15.6 Å². The largest absolute Gasteiger partial charge is 0.378 e. The second-order valence-electron chi connectivity index (χ2n) is 6.28. The Bertz CT molecular complexity index is 814. The van der Waals surface area contributed by atoms with Crippen molar-refractivity contribution in [2.24, 2.45) is 0 Å². The molecule has 26 heavy (non-hydrogen) atoms. The van der Waals surface area contributed by atoms with E-state index in [2.05, 4.69) is 20.8 Å². The lowest BCUT2D eigenvalue weighted by Gasteiger charge is -2.26. The first kappa shape index (κ1) is 16.9. The number of anilines is 2. The van der Waals surface area contributed by atoms with Crippen LogP contribution in [0.15, 0.2) is 24.3 Å². The highest BCUT2D eigenvalue weighted by Gasteiger charge is 2.27. The number of urea groups is 1. The van der Waals surface area contributed by atoms with Crippen molar-refractivity contribution in [3.05, 3.63) is 34.8 Å². The summed E-state index contributed by atoms with van der Waals surface area (Å²) in [4.78, 5) is 26.4. The molecule has 0 radical (unpaired) electrons. The molecule has 1 aromatic heterocycles. The molecule has 136 valence electrons. The number of nitrogens with one attached hydrogen (secondary N) is 2. The smallest absolute Gasteiger partial charge is 0.321 e. The van der Waals surface area contributed by atoms with Gasteiger partial charge in [0.1, 0.15) is 5.01 Å². The molecule has 9 heteroatoms. The average Bonchev–Trinajstić information content (AvgIpc) is 3.42. The molecule has 2 aromatic rings. The van der Waals surface area contributed by atoms with Gasteiger partial charge in [-0.05, 0) is 31.0 Å². The van der Waals surface area contributed by atoms with Crippen molar-refractivity contribution in [1.29, 1.82) is 0 Å². The van der Waals surface area contributed by atoms with E-state index in [-0.39, 0.29) is 11.9 Å². The normalized spacial score (nSPS) is 17.0. The SMILES string of the molecule is O=C(Nc1nnc(C2CC2)s1)c1cccc(NC(=O)N2CCOCC2)c1. The first-order valence-corrected chi connectivity index (χ1v) is 9.39. The van der Waals surface area contributed by atoms with Gasteiger partial charge in [0, 0.05) is 30.3 Å². The maximum absolute atomic E-state index is 12.4. The Labute approximate surface area is 154 Å². The quantitative estimate of drug-likeness (QED) is 0.858. The third kappa shape index (κ3) is 4.00. The zero-order valence-corrected chi connectivity index (χ0v) is 14.9. The van der Waals surface area contributed by atoms with Gasteiger partial charge < -0.3 is 15.0 Å². The molecular weight excluding hydrogens is 354 g/mol. The van der Waals surface area contributed by atoms with Gasteiger partial charge in [-0.25, -0.2) is 4.79 Å². The molecule has 2 fully saturated rings. The van der Waals surface area contributed by atoms with Crippen molar-refractivity contribution in [3.63, 3.8) is 0 Å². The minimum Gasteiger partial charge on any atom is -0.378 e. The summed E-state index contributed by atoms with van der Waals surface area (Å²) in [7, 11) is 0. The molecule has 0 bridgehead atoms. The number of aromatic nitrogens is 2. The number of hydrogen-bond donors (Lipinski definition) is 2. The number of benzene rings is 1. The standard InChI is InChI=1S/C17H19N5O3S/c23-14(19-16-21-20-15(26-16)11-4-5-11)12-2-1-3-13(10-12)18-17(24)22-6-8-25-9-7-22/h1-3,10-11H,4-9H2,(H,18,24)(H,19,21,23). The van der Waals surface area contributed by atoms with E-state index in [0.29, 0.717) is 48.6 Å². The minimum atomic E-state index is -0.272. The van der Waals surface area contributed by atoms with Crippen molar-refractivity contribution in [2.75, 3.05) is 36.9 Å². The van der Waals surface area contributed by atoms with E-state index in [1.165, 1.54) is 11.3 Å². The highest BCUT2D eigenvalue weighted by atomic mass is 32.1. The first-order chi connectivity index (χ1) is 12.7. The number of ether oxygens (including phenoxy) is 1. The number of rotatable bonds is 4. The zero-order chi connectivity index (χ0) is 17.9. The molecule has 4 rings (SSSR count). The molecule has 2 heterocycles. The van der Waals surface area contributed by atoms with Gasteiger partial charge in [0.05, 0.1) is 13.2 Å². The number of carbonyl (C=O) groups is 2. The lowest BCUT2D eigenvalue weighted by molar-refractivity contribution is 0.0564. The summed E-state index contributed by atoms with van der Waals surface area (Å²) in [6.07, 6.45) is 2.29. The van der Waals surface area contributed by atoms with Crippen LogP contribution < -0.4 is 10.6 Å². The Kier molecular flexibility index (Phi) is 4.81. The number of morpholine rings is 1. The van der Waals surface area contributed by atoms with Crippen molar-refractivity contribution in [3.8, 4) is 0 Å². The molecule has 0 spiro atoms. The van der Waals surface area contributed by atoms with E-state index in [1.54, 1.807) is 29.2 Å². The van der Waals surface area contributed by atoms with E-state index in [9.17, 15) is 9.59 Å². The van der Waals surface area contributed by atoms with Gasteiger partial charge in [-0.15, -0.1) is 10.2 Å². The molecule has 1 aliphatic heterocycles. The summed E-state index contributed by atoms with van der Waals surface area (Å²) in [5.74, 6) is 0.239. The van der Waals surface area contributed by atoms with Crippen LogP contribution in [-0.2, 0) is 4.74 Å². The lowest BCUT2D eigenvalue weighted by atomic mass is 10.2. The zero-order valence-electron chi connectivity index (χ0n) is 14.1. The van der Waals surface area contributed by atoms with Crippen molar-refractivity contribution in [2.45, 2.75) is 18.8 Å². The lowest BCUT2D eigenvalue weighted by Crippen LogP contribution is -2.43. The molecule has 1 aliphatic carbocycles. The molecular formula is C17H19N5O3S. The fourth-order valence-electron chi connectivity index (χ4n) is 2.66. The molecule has 2 N–H and O–H groups in total. The van der Waals surface area contributed by atoms with Crippen molar-refractivity contribution >= 4 is 34.1 Å². The molecule has 0 atom stereocenters. The Balaban J connectivity index is 1.39. The fraction of sp³-hybridized carbons (Fsp3) is 0.412. The van der Waals surface area contributed by atoms with Crippen LogP contribution >= 0.6 is 11.3 Å². The van der Waals surface area contributed by atoms with Gasteiger partial charge in [-0.1, -0.05) is 17.4 Å². The molecule has 0 unspecified atom stereocenters. The maximum atomic E-state index is 12.4. The Morgan fingerprint density at radius 1 is 1.15 bits per heavy atom.